The number of hydrogen-bond donors (Lipinski definition) is 1. The van der Waals surface area contributed by atoms with Crippen molar-refractivity contribution >= 4 is 17.1 Å². The molecule has 3 aromatic rings. The smallest absolute Gasteiger partial charge is 0.165 e. The van der Waals surface area contributed by atoms with Crippen molar-refractivity contribution in [1.29, 1.82) is 5.41 Å². The van der Waals surface area contributed by atoms with E-state index >= 15 is 0 Å². The number of hydrogen-bond acceptors (Lipinski definition) is 6. The van der Waals surface area contributed by atoms with Crippen LogP contribution in [0.15, 0.2) is 60.8 Å². The second-order valence-electron chi connectivity index (χ2n) is 8.44. The standard InChI is InChI=1S/C27H27N3O3/c1-17(2)7-12-25(31)22-14-23(28)27-26(22)30-24(15-29-27)19-5-4-6-21(13-19)33-16-18-8-10-20(32-3)11-9-18/h4-6,8-11,13-15,17,28H,7,12,16H2,1-3H3. The van der Waals surface area contributed by atoms with Gasteiger partial charge in [-0.3, -0.25) is 15.2 Å². The highest BCUT2D eigenvalue weighted by Gasteiger charge is 2.27. The minimum absolute atomic E-state index is 0.00947. The normalized spacial score (nSPS) is 12.5. The maximum atomic E-state index is 12.8. The molecule has 1 aliphatic rings. The van der Waals surface area contributed by atoms with Gasteiger partial charge in [0, 0.05) is 17.6 Å². The summed E-state index contributed by atoms with van der Waals surface area (Å²) in [6.07, 6.45) is 4.48. The molecular formula is C27H27N3O3. The van der Waals surface area contributed by atoms with Crippen molar-refractivity contribution in [3.05, 3.63) is 77.8 Å². The average molecular weight is 442 g/mol. The third kappa shape index (κ3) is 5.17. The van der Waals surface area contributed by atoms with E-state index in [1.165, 1.54) is 0 Å². The lowest BCUT2D eigenvalue weighted by atomic mass is 10.0. The van der Waals surface area contributed by atoms with Crippen LogP contribution in [0.4, 0.5) is 0 Å². The summed E-state index contributed by atoms with van der Waals surface area (Å²) < 4.78 is 11.2. The van der Waals surface area contributed by atoms with Crippen LogP contribution < -0.4 is 9.47 Å². The van der Waals surface area contributed by atoms with E-state index in [1.54, 1.807) is 19.4 Å². The first-order chi connectivity index (χ1) is 15.9. The topological polar surface area (TPSA) is 85.2 Å². The Bertz CT molecular complexity index is 1210. The molecule has 0 saturated carbocycles. The fourth-order valence-corrected chi connectivity index (χ4v) is 3.59. The molecule has 1 N–H and O–H groups in total. The summed E-state index contributed by atoms with van der Waals surface area (Å²) >= 11 is 0. The SMILES string of the molecule is COc1ccc(COc2cccc(-c3cnc4c(n3)C(C(=O)CCC(C)C)=CC4=N)c2)cc1. The van der Waals surface area contributed by atoms with Crippen LogP contribution in [0.5, 0.6) is 11.5 Å². The van der Waals surface area contributed by atoms with E-state index in [0.717, 1.165) is 23.3 Å². The number of ether oxygens (including phenoxy) is 2. The quantitative estimate of drug-likeness (QED) is 0.474. The largest absolute Gasteiger partial charge is 0.497 e. The summed E-state index contributed by atoms with van der Waals surface area (Å²) in [5, 5.41) is 8.18. The zero-order valence-corrected chi connectivity index (χ0v) is 19.1. The van der Waals surface area contributed by atoms with Crippen molar-refractivity contribution in [3.63, 3.8) is 0 Å². The molecule has 2 aromatic carbocycles. The first-order valence-corrected chi connectivity index (χ1v) is 11.0. The molecule has 0 aliphatic heterocycles. The number of allylic oxidation sites excluding steroid dienone is 2. The molecule has 0 spiro atoms. The van der Waals surface area contributed by atoms with Gasteiger partial charge in [0.05, 0.1) is 24.7 Å². The number of fused-ring (bicyclic) bond motifs is 1. The highest BCUT2D eigenvalue weighted by Crippen LogP contribution is 2.30. The third-order valence-electron chi connectivity index (χ3n) is 5.51. The zero-order chi connectivity index (χ0) is 23.4. The van der Waals surface area contributed by atoms with Gasteiger partial charge in [-0.25, -0.2) is 4.98 Å². The van der Waals surface area contributed by atoms with E-state index in [1.807, 2.05) is 48.5 Å². The van der Waals surface area contributed by atoms with Crippen molar-refractivity contribution in [3.8, 4) is 22.8 Å². The van der Waals surface area contributed by atoms with Gasteiger partial charge in [-0.1, -0.05) is 38.1 Å². The number of aromatic nitrogens is 2. The summed E-state index contributed by atoms with van der Waals surface area (Å²) in [5.41, 5.74) is 4.18. The van der Waals surface area contributed by atoms with E-state index < -0.39 is 0 Å². The molecule has 1 aliphatic carbocycles. The maximum absolute atomic E-state index is 12.8. The van der Waals surface area contributed by atoms with E-state index in [-0.39, 0.29) is 11.5 Å². The molecular weight excluding hydrogens is 414 g/mol. The Balaban J connectivity index is 1.53. The Morgan fingerprint density at radius 3 is 2.58 bits per heavy atom. The van der Waals surface area contributed by atoms with Crippen molar-refractivity contribution in [2.75, 3.05) is 7.11 Å². The van der Waals surface area contributed by atoms with Gasteiger partial charge in [-0.05, 0) is 48.2 Å². The molecule has 1 aromatic heterocycles. The summed E-state index contributed by atoms with van der Waals surface area (Å²) in [6.45, 7) is 4.61. The lowest BCUT2D eigenvalue weighted by molar-refractivity contribution is -0.114. The number of methoxy groups -OCH3 is 1. The number of Topliss-reactive ketones (excluding diaryl/α,β-unsaturated/α-hetero) is 1. The molecule has 0 atom stereocenters. The number of carbonyl (C=O) groups is 1. The second kappa shape index (κ2) is 9.77. The Kier molecular flexibility index (Phi) is 6.63. The molecule has 6 heteroatoms. The van der Waals surface area contributed by atoms with Gasteiger partial charge in [-0.2, -0.15) is 0 Å². The van der Waals surface area contributed by atoms with Crippen LogP contribution in [-0.4, -0.2) is 28.6 Å². The summed E-state index contributed by atoms with van der Waals surface area (Å²) in [7, 11) is 1.64. The van der Waals surface area contributed by atoms with Gasteiger partial charge in [0.2, 0.25) is 0 Å². The molecule has 1 heterocycles. The predicted molar refractivity (Wildman–Crippen MR) is 129 cm³/mol. The van der Waals surface area contributed by atoms with E-state index in [4.69, 9.17) is 19.9 Å². The van der Waals surface area contributed by atoms with Crippen LogP contribution in [0, 0.1) is 11.3 Å². The number of rotatable bonds is 9. The summed E-state index contributed by atoms with van der Waals surface area (Å²) in [6, 6.07) is 15.4. The van der Waals surface area contributed by atoms with Crippen LogP contribution in [0.25, 0.3) is 16.8 Å². The van der Waals surface area contributed by atoms with Gasteiger partial charge >= 0.3 is 0 Å². The highest BCUT2D eigenvalue weighted by atomic mass is 16.5. The van der Waals surface area contributed by atoms with E-state index in [9.17, 15) is 4.79 Å². The molecule has 0 fully saturated rings. The number of carbonyl (C=O) groups excluding carboxylic acids is 1. The van der Waals surface area contributed by atoms with Gasteiger partial charge in [-0.15, -0.1) is 0 Å². The summed E-state index contributed by atoms with van der Waals surface area (Å²) in [5.74, 6) is 1.96. The first kappa shape index (κ1) is 22.4. The van der Waals surface area contributed by atoms with Crippen LogP contribution in [0.1, 0.15) is 43.6 Å². The number of nitrogens with one attached hydrogen (secondary N) is 1. The molecule has 33 heavy (non-hydrogen) atoms. The van der Waals surface area contributed by atoms with E-state index in [2.05, 4.69) is 18.8 Å². The maximum Gasteiger partial charge on any atom is 0.165 e. The molecule has 0 radical (unpaired) electrons. The molecule has 0 saturated heterocycles. The molecule has 0 amide bonds. The monoisotopic (exact) mass is 441 g/mol. The molecule has 0 bridgehead atoms. The van der Waals surface area contributed by atoms with Crippen LogP contribution in [0.3, 0.4) is 0 Å². The van der Waals surface area contributed by atoms with Crippen molar-refractivity contribution in [1.82, 2.24) is 9.97 Å². The molecule has 6 nitrogen and oxygen atoms in total. The summed E-state index contributed by atoms with van der Waals surface area (Å²) in [4.78, 5) is 21.9. The van der Waals surface area contributed by atoms with Gasteiger partial charge in [0.1, 0.15) is 29.5 Å². The van der Waals surface area contributed by atoms with Gasteiger partial charge < -0.3 is 9.47 Å². The van der Waals surface area contributed by atoms with Crippen molar-refractivity contribution in [2.45, 2.75) is 33.3 Å². The highest BCUT2D eigenvalue weighted by molar-refractivity contribution is 6.32. The Morgan fingerprint density at radius 1 is 1.06 bits per heavy atom. The molecule has 168 valence electrons. The van der Waals surface area contributed by atoms with E-state index in [0.29, 0.717) is 47.4 Å². The Labute approximate surface area is 193 Å². The average Bonchev–Trinajstić information content (AvgIpc) is 3.17. The van der Waals surface area contributed by atoms with Crippen molar-refractivity contribution < 1.29 is 14.3 Å². The van der Waals surface area contributed by atoms with Gasteiger partial charge in [0.15, 0.2) is 5.78 Å². The number of ketones is 1. The third-order valence-corrected chi connectivity index (χ3v) is 5.51. The number of benzene rings is 2. The van der Waals surface area contributed by atoms with Crippen LogP contribution >= 0.6 is 0 Å². The zero-order valence-electron chi connectivity index (χ0n) is 19.1. The lowest BCUT2D eigenvalue weighted by Gasteiger charge is -2.10. The Morgan fingerprint density at radius 2 is 1.85 bits per heavy atom. The Hall–Kier alpha value is -3.80. The second-order valence-corrected chi connectivity index (χ2v) is 8.44. The van der Waals surface area contributed by atoms with Crippen molar-refractivity contribution in [2.24, 2.45) is 5.92 Å². The fourth-order valence-electron chi connectivity index (χ4n) is 3.59. The van der Waals surface area contributed by atoms with Gasteiger partial charge in [0.25, 0.3) is 0 Å². The molecule has 4 rings (SSSR count). The first-order valence-electron chi connectivity index (χ1n) is 11.0. The van der Waals surface area contributed by atoms with Crippen LogP contribution in [0.2, 0.25) is 0 Å². The number of nitrogens with zero attached hydrogens (tertiary/aromatic N) is 2. The molecule has 0 unspecified atom stereocenters. The lowest BCUT2D eigenvalue weighted by Crippen LogP contribution is -2.06. The minimum atomic E-state index is 0.00947. The predicted octanol–water partition coefficient (Wildman–Crippen LogP) is 5.50. The minimum Gasteiger partial charge on any atom is -0.497 e. The fraction of sp³-hybridized carbons (Fsp3) is 0.259. The van der Waals surface area contributed by atoms with Crippen LogP contribution in [-0.2, 0) is 11.4 Å².